The summed E-state index contributed by atoms with van der Waals surface area (Å²) in [4.78, 5) is 16.6. The Morgan fingerprint density at radius 2 is 2.33 bits per heavy atom. The first-order valence-corrected chi connectivity index (χ1v) is 5.43. The summed E-state index contributed by atoms with van der Waals surface area (Å²) < 4.78 is 0. The zero-order valence-corrected chi connectivity index (χ0v) is 8.83. The molecule has 1 amide bonds. The second-order valence-electron chi connectivity index (χ2n) is 4.01. The van der Waals surface area contributed by atoms with Crippen molar-refractivity contribution in [2.75, 3.05) is 6.54 Å². The van der Waals surface area contributed by atoms with E-state index in [0.717, 1.165) is 37.2 Å². The van der Waals surface area contributed by atoms with E-state index in [1.54, 1.807) is 0 Å². The number of nitrogens with zero attached hydrogens (tertiary/aromatic N) is 1. The van der Waals surface area contributed by atoms with Crippen molar-refractivity contribution >= 4 is 5.91 Å². The molecule has 1 aliphatic rings. The Labute approximate surface area is 89.5 Å². The summed E-state index contributed by atoms with van der Waals surface area (Å²) in [5.41, 5.74) is 7.68. The molecule has 0 aromatic carbocycles. The van der Waals surface area contributed by atoms with E-state index in [1.165, 1.54) is 0 Å². The minimum atomic E-state index is 0.275. The lowest BCUT2D eigenvalue weighted by Crippen LogP contribution is -2.34. The predicted molar refractivity (Wildman–Crippen MR) is 58.0 cm³/mol. The highest BCUT2D eigenvalue weighted by Crippen LogP contribution is 2.14. The van der Waals surface area contributed by atoms with Crippen LogP contribution >= 0.6 is 0 Å². The van der Waals surface area contributed by atoms with Gasteiger partial charge in [0.2, 0.25) is 5.91 Å². The second kappa shape index (κ2) is 4.49. The fourth-order valence-corrected chi connectivity index (χ4v) is 1.95. The Balaban J connectivity index is 1.98. The van der Waals surface area contributed by atoms with E-state index in [4.69, 9.17) is 5.73 Å². The number of hydrogen-bond donors (Lipinski definition) is 2. The standard InChI is InChI=1S/C11H17N3O/c12-6-10-5-9(7-13-10)8-14-4-2-1-3-11(14)15/h5,7,13H,1-4,6,8,12H2. The van der Waals surface area contributed by atoms with Gasteiger partial charge in [-0.15, -0.1) is 0 Å². The monoisotopic (exact) mass is 207 g/mol. The molecule has 82 valence electrons. The van der Waals surface area contributed by atoms with Crippen molar-refractivity contribution in [2.24, 2.45) is 5.73 Å². The summed E-state index contributed by atoms with van der Waals surface area (Å²) in [6.07, 6.45) is 4.80. The maximum atomic E-state index is 11.6. The number of aromatic amines is 1. The Morgan fingerprint density at radius 3 is 3.00 bits per heavy atom. The molecule has 0 unspecified atom stereocenters. The van der Waals surface area contributed by atoms with Gasteiger partial charge in [-0.25, -0.2) is 0 Å². The molecule has 0 aliphatic carbocycles. The number of nitrogens with one attached hydrogen (secondary N) is 1. The largest absolute Gasteiger partial charge is 0.364 e. The van der Waals surface area contributed by atoms with Crippen LogP contribution < -0.4 is 5.73 Å². The predicted octanol–water partition coefficient (Wildman–Crippen LogP) is 0.986. The molecule has 0 saturated carbocycles. The quantitative estimate of drug-likeness (QED) is 0.776. The lowest BCUT2D eigenvalue weighted by molar-refractivity contribution is -0.133. The van der Waals surface area contributed by atoms with Crippen LogP contribution in [-0.2, 0) is 17.9 Å². The summed E-state index contributed by atoms with van der Waals surface area (Å²) in [7, 11) is 0. The Morgan fingerprint density at radius 1 is 1.47 bits per heavy atom. The van der Waals surface area contributed by atoms with Crippen molar-refractivity contribution in [1.29, 1.82) is 0 Å². The number of hydrogen-bond acceptors (Lipinski definition) is 2. The van der Waals surface area contributed by atoms with Crippen molar-refractivity contribution in [2.45, 2.75) is 32.4 Å². The van der Waals surface area contributed by atoms with Gasteiger partial charge < -0.3 is 15.6 Å². The van der Waals surface area contributed by atoms with E-state index >= 15 is 0 Å². The van der Waals surface area contributed by atoms with Crippen LogP contribution in [0.2, 0.25) is 0 Å². The maximum absolute atomic E-state index is 11.6. The van der Waals surface area contributed by atoms with Crippen molar-refractivity contribution < 1.29 is 4.79 Å². The number of rotatable bonds is 3. The topological polar surface area (TPSA) is 62.1 Å². The first-order chi connectivity index (χ1) is 7.29. The van der Waals surface area contributed by atoms with Gasteiger partial charge in [0.05, 0.1) is 0 Å². The van der Waals surface area contributed by atoms with Crippen molar-refractivity contribution in [3.8, 4) is 0 Å². The highest BCUT2D eigenvalue weighted by atomic mass is 16.2. The highest BCUT2D eigenvalue weighted by molar-refractivity contribution is 5.76. The third kappa shape index (κ3) is 2.39. The van der Waals surface area contributed by atoms with E-state index < -0.39 is 0 Å². The van der Waals surface area contributed by atoms with Gasteiger partial charge in [-0.05, 0) is 24.5 Å². The van der Waals surface area contributed by atoms with Gasteiger partial charge in [-0.2, -0.15) is 0 Å². The van der Waals surface area contributed by atoms with Gasteiger partial charge >= 0.3 is 0 Å². The fourth-order valence-electron chi connectivity index (χ4n) is 1.95. The summed E-state index contributed by atoms with van der Waals surface area (Å²) >= 11 is 0. The molecule has 3 N–H and O–H groups in total. The van der Waals surface area contributed by atoms with Crippen LogP contribution in [0.15, 0.2) is 12.3 Å². The van der Waals surface area contributed by atoms with Crippen LogP contribution in [0.25, 0.3) is 0 Å². The molecule has 0 atom stereocenters. The summed E-state index contributed by atoms with van der Waals surface area (Å²) in [5.74, 6) is 0.275. The molecule has 1 aliphatic heterocycles. The van der Waals surface area contributed by atoms with E-state index in [-0.39, 0.29) is 5.91 Å². The Bertz CT molecular complexity index is 345. The number of amides is 1. The molecule has 15 heavy (non-hydrogen) atoms. The summed E-state index contributed by atoms with van der Waals surface area (Å²) in [6.45, 7) is 2.13. The third-order valence-corrected chi connectivity index (χ3v) is 2.82. The molecular weight excluding hydrogens is 190 g/mol. The van der Waals surface area contributed by atoms with Gasteiger partial charge in [0.1, 0.15) is 0 Å². The molecule has 4 heteroatoms. The Kier molecular flexibility index (Phi) is 3.06. The third-order valence-electron chi connectivity index (χ3n) is 2.82. The number of aromatic nitrogens is 1. The zero-order chi connectivity index (χ0) is 10.7. The summed E-state index contributed by atoms with van der Waals surface area (Å²) in [5, 5.41) is 0. The van der Waals surface area contributed by atoms with Crippen LogP contribution in [-0.4, -0.2) is 22.3 Å². The lowest BCUT2D eigenvalue weighted by Gasteiger charge is -2.26. The normalized spacial score (nSPS) is 17.1. The van der Waals surface area contributed by atoms with Gasteiger partial charge in [0.25, 0.3) is 0 Å². The molecule has 1 fully saturated rings. The van der Waals surface area contributed by atoms with E-state index in [9.17, 15) is 4.79 Å². The Hall–Kier alpha value is -1.29. The zero-order valence-electron chi connectivity index (χ0n) is 8.83. The lowest BCUT2D eigenvalue weighted by atomic mass is 10.1. The minimum absolute atomic E-state index is 0.275. The van der Waals surface area contributed by atoms with Gasteiger partial charge in [0.15, 0.2) is 0 Å². The minimum Gasteiger partial charge on any atom is -0.364 e. The van der Waals surface area contributed by atoms with Crippen LogP contribution in [0.4, 0.5) is 0 Å². The first-order valence-electron chi connectivity index (χ1n) is 5.43. The molecule has 2 rings (SSSR count). The molecule has 1 aromatic rings. The highest BCUT2D eigenvalue weighted by Gasteiger charge is 2.18. The molecule has 0 spiro atoms. The number of piperidine rings is 1. The van der Waals surface area contributed by atoms with Gasteiger partial charge in [0, 0.05) is 37.9 Å². The summed E-state index contributed by atoms with van der Waals surface area (Å²) in [6, 6.07) is 2.03. The van der Waals surface area contributed by atoms with Gasteiger partial charge in [-0.1, -0.05) is 0 Å². The second-order valence-corrected chi connectivity index (χ2v) is 4.01. The smallest absolute Gasteiger partial charge is 0.222 e. The van der Waals surface area contributed by atoms with Crippen LogP contribution in [0.1, 0.15) is 30.5 Å². The van der Waals surface area contributed by atoms with E-state index in [2.05, 4.69) is 4.98 Å². The van der Waals surface area contributed by atoms with Crippen molar-refractivity contribution in [1.82, 2.24) is 9.88 Å². The van der Waals surface area contributed by atoms with Crippen LogP contribution in [0.5, 0.6) is 0 Å². The fraction of sp³-hybridized carbons (Fsp3) is 0.545. The maximum Gasteiger partial charge on any atom is 0.222 e. The van der Waals surface area contributed by atoms with Crippen molar-refractivity contribution in [3.63, 3.8) is 0 Å². The number of carbonyl (C=O) groups is 1. The first kappa shape index (κ1) is 10.2. The molecule has 0 bridgehead atoms. The molecule has 2 heterocycles. The van der Waals surface area contributed by atoms with E-state index in [1.807, 2.05) is 17.2 Å². The number of nitrogens with two attached hydrogens (primary N) is 1. The van der Waals surface area contributed by atoms with Crippen LogP contribution in [0, 0.1) is 0 Å². The molecule has 1 saturated heterocycles. The molecule has 4 nitrogen and oxygen atoms in total. The van der Waals surface area contributed by atoms with Gasteiger partial charge in [-0.3, -0.25) is 4.79 Å². The number of carbonyl (C=O) groups excluding carboxylic acids is 1. The molecule has 1 aromatic heterocycles. The van der Waals surface area contributed by atoms with Crippen LogP contribution in [0.3, 0.4) is 0 Å². The number of H-pyrrole nitrogens is 1. The van der Waals surface area contributed by atoms with Crippen molar-refractivity contribution in [3.05, 3.63) is 23.5 Å². The average Bonchev–Trinajstić information content (AvgIpc) is 2.69. The molecular formula is C11H17N3O. The molecule has 0 radical (unpaired) electrons. The average molecular weight is 207 g/mol. The van der Waals surface area contributed by atoms with E-state index in [0.29, 0.717) is 13.0 Å². The number of likely N-dealkylation sites (tertiary alicyclic amines) is 1. The SMILES string of the molecule is NCc1cc(CN2CCCCC2=O)c[nH]1.